The zero-order valence-corrected chi connectivity index (χ0v) is 23.6. The molecule has 1 N–H and O–H groups in total. The molecule has 0 bridgehead atoms. The molecule has 6 aliphatic rings. The van der Waals surface area contributed by atoms with Gasteiger partial charge in [-0.15, -0.1) is 0 Å². The molecule has 7 nitrogen and oxygen atoms in total. The van der Waals surface area contributed by atoms with Crippen molar-refractivity contribution in [1.82, 2.24) is 0 Å². The van der Waals surface area contributed by atoms with Crippen LogP contribution in [0.5, 0.6) is 0 Å². The molecule has 10 atom stereocenters. The summed E-state index contributed by atoms with van der Waals surface area (Å²) in [5.41, 5.74) is -3.04. The summed E-state index contributed by atoms with van der Waals surface area (Å²) in [5.74, 6) is -0.786. The van der Waals surface area contributed by atoms with Crippen molar-refractivity contribution in [2.45, 2.75) is 91.3 Å². The van der Waals surface area contributed by atoms with Gasteiger partial charge >= 0.3 is 5.97 Å². The number of esters is 1. The average molecular weight is 524 g/mol. The zero-order chi connectivity index (χ0) is 27.7. The lowest BCUT2D eigenvalue weighted by Gasteiger charge is -2.65. The smallest absolute Gasteiger partial charge is 0.312 e. The molecule has 0 aromatic heterocycles. The van der Waals surface area contributed by atoms with Gasteiger partial charge < -0.3 is 14.6 Å². The van der Waals surface area contributed by atoms with E-state index in [9.17, 15) is 24.8 Å². The van der Waals surface area contributed by atoms with Crippen LogP contribution in [0.1, 0.15) is 79.6 Å². The number of aliphatic hydroxyl groups excluding tert-OH is 1. The minimum Gasteiger partial charge on any atom is -0.469 e. The minimum atomic E-state index is -1.42. The summed E-state index contributed by atoms with van der Waals surface area (Å²) in [6, 6.07) is 2.21. The van der Waals surface area contributed by atoms with Gasteiger partial charge in [-0.1, -0.05) is 40.2 Å². The third kappa shape index (κ3) is 2.79. The number of hydrogen-bond donors (Lipinski definition) is 1. The standard InChI is InChI=1S/C31H41NO6/c1-26(2)20-8-9-28(4)17-7-10-30(25(36)37-6)12-11-27(3,16-33)14-18(30)22(17)19(34)13-21(28)29(20,5)24-31(15-32,38-24)23(26)35/h13,17-18,20,22,24,33H,7-12,14,16H2,1-6H3/t17?,18-,20-,22-,24+,27-,28-,29-,30+,31-/m0/s1. The number of allylic oxidation sites excluding steroid dienone is 1. The molecule has 0 aromatic carbocycles. The van der Waals surface area contributed by atoms with Crippen molar-refractivity contribution in [3.63, 3.8) is 0 Å². The zero-order valence-electron chi connectivity index (χ0n) is 23.6. The van der Waals surface area contributed by atoms with Crippen molar-refractivity contribution in [3.05, 3.63) is 11.6 Å². The third-order valence-corrected chi connectivity index (χ3v) is 12.8. The third-order valence-electron chi connectivity index (χ3n) is 12.8. The highest BCUT2D eigenvalue weighted by atomic mass is 16.6. The lowest BCUT2D eigenvalue weighted by atomic mass is 9.37. The summed E-state index contributed by atoms with van der Waals surface area (Å²) in [7, 11) is 1.44. The molecule has 6 rings (SSSR count). The maximum atomic E-state index is 14.3. The second kappa shape index (κ2) is 7.57. The van der Waals surface area contributed by atoms with Crippen molar-refractivity contribution in [3.8, 4) is 6.07 Å². The van der Waals surface area contributed by atoms with Gasteiger partial charge in [0.05, 0.1) is 12.5 Å². The molecule has 1 heterocycles. The Hall–Kier alpha value is -2.04. The number of ether oxygens (including phenoxy) is 2. The number of fused-ring (bicyclic) bond motifs is 9. The van der Waals surface area contributed by atoms with Gasteiger partial charge in [-0.3, -0.25) is 14.4 Å². The van der Waals surface area contributed by atoms with Gasteiger partial charge in [0.1, 0.15) is 12.2 Å². The van der Waals surface area contributed by atoms with Crippen LogP contribution in [0.3, 0.4) is 0 Å². The Labute approximate surface area is 225 Å². The van der Waals surface area contributed by atoms with Crippen molar-refractivity contribution in [1.29, 1.82) is 5.26 Å². The molecule has 5 aliphatic carbocycles. The van der Waals surface area contributed by atoms with Gasteiger partial charge in [0.25, 0.3) is 0 Å². The minimum absolute atomic E-state index is 0.0229. The topological polar surface area (TPSA) is 117 Å². The Kier molecular flexibility index (Phi) is 5.22. The Morgan fingerprint density at radius 1 is 1.11 bits per heavy atom. The maximum Gasteiger partial charge on any atom is 0.312 e. The van der Waals surface area contributed by atoms with Gasteiger partial charge in [-0.25, -0.2) is 0 Å². The molecule has 0 aromatic rings. The number of carbonyl (C=O) groups excluding carboxylic acids is 3. The first-order valence-electron chi connectivity index (χ1n) is 14.3. The van der Waals surface area contributed by atoms with E-state index in [1.165, 1.54) is 7.11 Å². The molecule has 38 heavy (non-hydrogen) atoms. The normalized spacial score (nSPS) is 52.2. The van der Waals surface area contributed by atoms with Crippen LogP contribution in [0.4, 0.5) is 0 Å². The Morgan fingerprint density at radius 2 is 1.82 bits per heavy atom. The van der Waals surface area contributed by atoms with Crippen LogP contribution in [-0.2, 0) is 23.9 Å². The molecule has 0 amide bonds. The van der Waals surface area contributed by atoms with E-state index in [0.29, 0.717) is 19.3 Å². The number of ketones is 2. The average Bonchev–Trinajstić information content (AvgIpc) is 3.65. The number of Topliss-reactive ketones (excluding diaryl/α,β-unsaturated/α-hetero) is 1. The molecule has 5 fully saturated rings. The van der Waals surface area contributed by atoms with Crippen molar-refractivity contribution in [2.75, 3.05) is 13.7 Å². The van der Waals surface area contributed by atoms with Gasteiger partial charge in [-0.2, -0.15) is 5.26 Å². The number of methoxy groups -OCH3 is 1. The van der Waals surface area contributed by atoms with E-state index in [1.807, 2.05) is 19.9 Å². The lowest BCUT2D eigenvalue weighted by molar-refractivity contribution is -0.180. The highest BCUT2D eigenvalue weighted by Gasteiger charge is 2.82. The van der Waals surface area contributed by atoms with Crippen molar-refractivity contribution >= 4 is 17.5 Å². The van der Waals surface area contributed by atoms with Gasteiger partial charge in [0, 0.05) is 23.4 Å². The molecule has 1 unspecified atom stereocenters. The largest absolute Gasteiger partial charge is 0.469 e. The van der Waals surface area contributed by atoms with E-state index >= 15 is 0 Å². The van der Waals surface area contributed by atoms with E-state index in [2.05, 4.69) is 26.8 Å². The van der Waals surface area contributed by atoms with E-state index in [0.717, 1.165) is 31.3 Å². The number of nitriles is 1. The maximum absolute atomic E-state index is 14.3. The SMILES string of the molecule is COC(=O)[C@@]12CCC3[C@H](C(=O)C=C4[C@@]5(C)[C@H]6O[C@@]6(C#N)C(=O)C(C)(C)[C@@H]5CC[C@]43C)[C@@H]1C[C@@](C)(CO)CC2. The number of aliphatic hydroxyl groups is 1. The highest BCUT2D eigenvalue weighted by molar-refractivity contribution is 6.01. The molecule has 0 radical (unpaired) electrons. The Morgan fingerprint density at radius 3 is 2.45 bits per heavy atom. The van der Waals surface area contributed by atoms with Crippen molar-refractivity contribution in [2.24, 2.45) is 50.7 Å². The summed E-state index contributed by atoms with van der Waals surface area (Å²) in [4.78, 5) is 41.1. The molecule has 7 heteroatoms. The molecule has 0 spiro atoms. The van der Waals surface area contributed by atoms with E-state index in [-0.39, 0.29) is 58.6 Å². The fourth-order valence-electron chi connectivity index (χ4n) is 10.7. The quantitative estimate of drug-likeness (QED) is 0.426. The Balaban J connectivity index is 1.48. The molecular weight excluding hydrogens is 482 g/mol. The fraction of sp³-hybridized carbons (Fsp3) is 0.806. The van der Waals surface area contributed by atoms with Gasteiger partial charge in [0.15, 0.2) is 11.6 Å². The second-order valence-corrected chi connectivity index (χ2v) is 14.7. The summed E-state index contributed by atoms with van der Waals surface area (Å²) < 4.78 is 11.4. The first kappa shape index (κ1) is 26.2. The predicted octanol–water partition coefficient (Wildman–Crippen LogP) is 4.17. The number of carbonyl (C=O) groups is 3. The number of epoxide rings is 1. The van der Waals surface area contributed by atoms with Crippen molar-refractivity contribution < 1.29 is 29.0 Å². The van der Waals surface area contributed by atoms with Gasteiger partial charge in [-0.05, 0) is 79.6 Å². The molecule has 4 saturated carbocycles. The van der Waals surface area contributed by atoms with Crippen LogP contribution in [0.15, 0.2) is 11.6 Å². The fourth-order valence-corrected chi connectivity index (χ4v) is 10.7. The van der Waals surface area contributed by atoms with E-state index in [1.54, 1.807) is 0 Å². The first-order valence-corrected chi connectivity index (χ1v) is 14.3. The van der Waals surface area contributed by atoms with Crippen LogP contribution in [0.25, 0.3) is 0 Å². The highest BCUT2D eigenvalue weighted by Crippen LogP contribution is 2.75. The summed E-state index contributed by atoms with van der Waals surface area (Å²) in [6.45, 7) is 10.4. The van der Waals surface area contributed by atoms with E-state index < -0.39 is 27.9 Å². The molecule has 206 valence electrons. The van der Waals surface area contributed by atoms with E-state index in [4.69, 9.17) is 9.47 Å². The lowest BCUT2D eigenvalue weighted by Crippen LogP contribution is -2.65. The monoisotopic (exact) mass is 523 g/mol. The van der Waals surface area contributed by atoms with Crippen LogP contribution in [-0.4, -0.2) is 48.1 Å². The predicted molar refractivity (Wildman–Crippen MR) is 137 cm³/mol. The van der Waals surface area contributed by atoms with Crippen LogP contribution in [0.2, 0.25) is 0 Å². The molecule has 1 saturated heterocycles. The molecular formula is C31H41NO6. The van der Waals surface area contributed by atoms with Crippen LogP contribution < -0.4 is 0 Å². The summed E-state index contributed by atoms with van der Waals surface area (Å²) >= 11 is 0. The Bertz CT molecular complexity index is 1220. The molecule has 1 aliphatic heterocycles. The number of hydrogen-bond acceptors (Lipinski definition) is 7. The van der Waals surface area contributed by atoms with Gasteiger partial charge in [0.2, 0.25) is 5.60 Å². The first-order chi connectivity index (χ1) is 17.7. The number of rotatable bonds is 2. The van der Waals surface area contributed by atoms with Crippen LogP contribution in [0, 0.1) is 62.1 Å². The number of nitrogens with zero attached hydrogens (tertiary/aromatic N) is 1. The summed E-state index contributed by atoms with van der Waals surface area (Å²) in [6.07, 6.45) is 6.38. The summed E-state index contributed by atoms with van der Waals surface area (Å²) in [5, 5.41) is 20.3. The second-order valence-electron chi connectivity index (χ2n) is 14.7. The van der Waals surface area contributed by atoms with Crippen LogP contribution >= 0.6 is 0 Å².